The van der Waals surface area contributed by atoms with Gasteiger partial charge in [-0.05, 0) is 22.0 Å². The van der Waals surface area contributed by atoms with Crippen molar-refractivity contribution in [3.8, 4) is 5.75 Å². The van der Waals surface area contributed by atoms with Gasteiger partial charge >= 0.3 is 5.63 Å². The summed E-state index contributed by atoms with van der Waals surface area (Å²) in [6.45, 7) is 0. The molecule has 0 aromatic carbocycles. The standard InChI is InChI=1S/C6H5BrO3/c1-9-4-2-3-5(8)10-6(4)7/h2-3H,1H3. The molecule has 0 bridgehead atoms. The van der Waals surface area contributed by atoms with Gasteiger partial charge in [-0.1, -0.05) is 0 Å². The van der Waals surface area contributed by atoms with Gasteiger partial charge in [-0.25, -0.2) is 4.79 Å². The lowest BCUT2D eigenvalue weighted by Gasteiger charge is -1.97. The molecule has 0 amide bonds. The smallest absolute Gasteiger partial charge is 0.336 e. The summed E-state index contributed by atoms with van der Waals surface area (Å²) in [7, 11) is 1.50. The van der Waals surface area contributed by atoms with Crippen LogP contribution in [0, 0.1) is 0 Å². The van der Waals surface area contributed by atoms with Gasteiger partial charge in [0.1, 0.15) is 0 Å². The second-order valence-corrected chi connectivity index (χ2v) is 2.32. The van der Waals surface area contributed by atoms with Crippen LogP contribution in [0.15, 0.2) is 26.0 Å². The number of rotatable bonds is 1. The zero-order valence-electron chi connectivity index (χ0n) is 5.26. The topological polar surface area (TPSA) is 39.4 Å². The SMILES string of the molecule is COc1ccc(=O)oc1Br. The fraction of sp³-hybridized carbons (Fsp3) is 0.167. The van der Waals surface area contributed by atoms with Crippen molar-refractivity contribution in [1.82, 2.24) is 0 Å². The van der Waals surface area contributed by atoms with Crippen molar-refractivity contribution in [2.75, 3.05) is 7.11 Å². The molecule has 0 aliphatic rings. The van der Waals surface area contributed by atoms with Crippen LogP contribution < -0.4 is 10.4 Å². The summed E-state index contributed by atoms with van der Waals surface area (Å²) in [6, 6.07) is 2.83. The molecule has 1 rings (SSSR count). The summed E-state index contributed by atoms with van der Waals surface area (Å²) in [6.07, 6.45) is 0. The largest absolute Gasteiger partial charge is 0.492 e. The molecule has 4 heteroatoms. The molecule has 1 aromatic rings. The summed E-state index contributed by atoms with van der Waals surface area (Å²) < 4.78 is 9.78. The molecule has 0 fully saturated rings. The predicted molar refractivity (Wildman–Crippen MR) is 39.2 cm³/mol. The zero-order chi connectivity index (χ0) is 7.56. The van der Waals surface area contributed by atoms with Crippen LogP contribution in [0.3, 0.4) is 0 Å². The van der Waals surface area contributed by atoms with E-state index in [-0.39, 0.29) is 0 Å². The summed E-state index contributed by atoms with van der Waals surface area (Å²) in [5.41, 5.74) is -0.396. The molecule has 0 spiro atoms. The minimum absolute atomic E-state index is 0.322. The van der Waals surface area contributed by atoms with Gasteiger partial charge in [0.05, 0.1) is 7.11 Å². The molecule has 0 radical (unpaired) electrons. The molecule has 0 atom stereocenters. The molecule has 3 nitrogen and oxygen atoms in total. The molecule has 1 aromatic heterocycles. The fourth-order valence-electron chi connectivity index (χ4n) is 0.530. The number of hydrogen-bond donors (Lipinski definition) is 0. The van der Waals surface area contributed by atoms with Crippen molar-refractivity contribution >= 4 is 15.9 Å². The van der Waals surface area contributed by atoms with Crippen molar-refractivity contribution in [3.05, 3.63) is 27.2 Å². The third-order valence-electron chi connectivity index (χ3n) is 0.975. The molecule has 0 aliphatic heterocycles. The Kier molecular flexibility index (Phi) is 2.11. The Morgan fingerprint density at radius 2 is 2.30 bits per heavy atom. The van der Waals surface area contributed by atoms with Crippen LogP contribution in [-0.4, -0.2) is 7.11 Å². The second kappa shape index (κ2) is 2.88. The minimum atomic E-state index is -0.396. The molecular weight excluding hydrogens is 200 g/mol. The first kappa shape index (κ1) is 7.34. The summed E-state index contributed by atoms with van der Waals surface area (Å²) >= 11 is 3.02. The van der Waals surface area contributed by atoms with Crippen LogP contribution in [0.4, 0.5) is 0 Å². The molecule has 54 valence electrons. The van der Waals surface area contributed by atoms with Crippen LogP contribution in [0.2, 0.25) is 0 Å². The quantitative estimate of drug-likeness (QED) is 0.695. The second-order valence-electron chi connectivity index (χ2n) is 1.60. The molecule has 0 N–H and O–H groups in total. The van der Waals surface area contributed by atoms with Gasteiger partial charge < -0.3 is 9.15 Å². The van der Waals surface area contributed by atoms with E-state index in [9.17, 15) is 4.79 Å². The average Bonchev–Trinajstić information content (AvgIpc) is 1.88. The monoisotopic (exact) mass is 204 g/mol. The molecule has 0 saturated heterocycles. The van der Waals surface area contributed by atoms with E-state index in [1.807, 2.05) is 0 Å². The predicted octanol–water partition coefficient (Wildman–Crippen LogP) is 1.41. The Morgan fingerprint density at radius 1 is 1.60 bits per heavy atom. The fourth-order valence-corrected chi connectivity index (χ4v) is 0.984. The number of methoxy groups -OCH3 is 1. The molecule has 0 aliphatic carbocycles. The summed E-state index contributed by atoms with van der Waals surface area (Å²) in [4.78, 5) is 10.5. The number of hydrogen-bond acceptors (Lipinski definition) is 3. The lowest BCUT2D eigenvalue weighted by atomic mass is 10.5. The summed E-state index contributed by atoms with van der Waals surface area (Å²) in [5.74, 6) is 0.514. The highest BCUT2D eigenvalue weighted by atomic mass is 79.9. The zero-order valence-corrected chi connectivity index (χ0v) is 6.84. The van der Waals surface area contributed by atoms with Crippen LogP contribution in [0.1, 0.15) is 0 Å². The first-order valence-electron chi connectivity index (χ1n) is 2.57. The van der Waals surface area contributed by atoms with E-state index in [1.165, 1.54) is 19.2 Å². The van der Waals surface area contributed by atoms with E-state index in [1.54, 1.807) is 0 Å². The van der Waals surface area contributed by atoms with Crippen LogP contribution >= 0.6 is 15.9 Å². The Balaban J connectivity index is 3.19. The molecule has 0 unspecified atom stereocenters. The van der Waals surface area contributed by atoms with E-state index >= 15 is 0 Å². The van der Waals surface area contributed by atoms with Gasteiger partial charge in [-0.3, -0.25) is 0 Å². The third kappa shape index (κ3) is 1.39. The molecular formula is C6H5BrO3. The van der Waals surface area contributed by atoms with Gasteiger partial charge in [0.25, 0.3) is 0 Å². The van der Waals surface area contributed by atoms with Crippen LogP contribution in [0.5, 0.6) is 5.75 Å². The lowest BCUT2D eigenvalue weighted by molar-refractivity contribution is 0.373. The maximum atomic E-state index is 10.5. The first-order chi connectivity index (χ1) is 4.74. The van der Waals surface area contributed by atoms with Crippen molar-refractivity contribution < 1.29 is 9.15 Å². The highest BCUT2D eigenvalue weighted by molar-refractivity contribution is 9.10. The minimum Gasteiger partial charge on any atom is -0.492 e. The van der Waals surface area contributed by atoms with Gasteiger partial charge in [-0.15, -0.1) is 0 Å². The molecule has 0 saturated carbocycles. The maximum absolute atomic E-state index is 10.5. The Labute approximate surface area is 65.7 Å². The lowest BCUT2D eigenvalue weighted by Crippen LogP contribution is -1.96. The van der Waals surface area contributed by atoms with E-state index in [2.05, 4.69) is 20.3 Å². The van der Waals surface area contributed by atoms with Crippen LogP contribution in [-0.2, 0) is 0 Å². The van der Waals surface area contributed by atoms with Crippen molar-refractivity contribution in [2.45, 2.75) is 0 Å². The van der Waals surface area contributed by atoms with Crippen LogP contribution in [0.25, 0.3) is 0 Å². The van der Waals surface area contributed by atoms with Crippen molar-refractivity contribution in [3.63, 3.8) is 0 Å². The Morgan fingerprint density at radius 3 is 2.80 bits per heavy atom. The number of ether oxygens (including phenoxy) is 1. The van der Waals surface area contributed by atoms with E-state index in [0.717, 1.165) is 0 Å². The highest BCUT2D eigenvalue weighted by Gasteiger charge is 1.99. The molecule has 1 heterocycles. The first-order valence-corrected chi connectivity index (χ1v) is 3.37. The highest BCUT2D eigenvalue weighted by Crippen LogP contribution is 2.20. The Hall–Kier alpha value is -0.770. The van der Waals surface area contributed by atoms with E-state index in [4.69, 9.17) is 4.74 Å². The third-order valence-corrected chi connectivity index (χ3v) is 1.53. The van der Waals surface area contributed by atoms with Gasteiger partial charge in [0.2, 0.25) is 4.67 Å². The normalized spacial score (nSPS) is 9.40. The average molecular weight is 205 g/mol. The van der Waals surface area contributed by atoms with Crippen molar-refractivity contribution in [2.24, 2.45) is 0 Å². The van der Waals surface area contributed by atoms with Gasteiger partial charge in [0, 0.05) is 6.07 Å². The van der Waals surface area contributed by atoms with Gasteiger partial charge in [-0.2, -0.15) is 0 Å². The van der Waals surface area contributed by atoms with Gasteiger partial charge in [0.15, 0.2) is 5.75 Å². The maximum Gasteiger partial charge on any atom is 0.336 e. The van der Waals surface area contributed by atoms with Crippen molar-refractivity contribution in [1.29, 1.82) is 0 Å². The van der Waals surface area contributed by atoms with E-state index < -0.39 is 5.63 Å². The summed E-state index contributed by atoms with van der Waals surface area (Å²) in [5, 5.41) is 0. The molecule has 10 heavy (non-hydrogen) atoms. The Bertz CT molecular complexity index is 279. The number of halogens is 1. The van der Waals surface area contributed by atoms with E-state index in [0.29, 0.717) is 10.4 Å².